The fraction of sp³-hybridized carbons (Fsp3) is 0.357. The molecule has 0 aliphatic heterocycles. The summed E-state index contributed by atoms with van der Waals surface area (Å²) in [5, 5.41) is 5.47. The van der Waals surface area contributed by atoms with Crippen LogP contribution in [0.25, 0.3) is 5.69 Å². The van der Waals surface area contributed by atoms with Crippen LogP contribution in [0.4, 0.5) is 0 Å². The highest BCUT2D eigenvalue weighted by atomic mass is 35.5. The molecule has 0 saturated heterocycles. The van der Waals surface area contributed by atoms with Crippen molar-refractivity contribution in [3.8, 4) is 5.69 Å². The zero-order chi connectivity index (χ0) is 11.8. The molecule has 3 rings (SSSR count). The number of aryl methyl sites for hydroxylation is 2. The van der Waals surface area contributed by atoms with Crippen LogP contribution in [-0.4, -0.2) is 9.78 Å². The van der Waals surface area contributed by atoms with Crippen molar-refractivity contribution in [3.05, 3.63) is 46.2 Å². The van der Waals surface area contributed by atoms with Crippen molar-refractivity contribution in [1.29, 1.82) is 0 Å². The van der Waals surface area contributed by atoms with Gasteiger partial charge in [0.1, 0.15) is 5.15 Å². The zero-order valence-corrected chi connectivity index (χ0v) is 10.7. The molecule has 0 atom stereocenters. The Labute approximate surface area is 106 Å². The third kappa shape index (κ3) is 1.77. The lowest BCUT2D eigenvalue weighted by molar-refractivity contribution is 0.671. The van der Waals surface area contributed by atoms with Crippen LogP contribution in [0.1, 0.15) is 29.7 Å². The number of halogens is 1. The molecule has 3 heteroatoms. The Bertz CT molecular complexity index is 557. The molecule has 0 unspecified atom stereocenters. The van der Waals surface area contributed by atoms with Crippen molar-refractivity contribution in [3.63, 3.8) is 0 Å². The van der Waals surface area contributed by atoms with E-state index in [9.17, 15) is 0 Å². The first-order valence-corrected chi connectivity index (χ1v) is 6.47. The van der Waals surface area contributed by atoms with Crippen molar-refractivity contribution in [1.82, 2.24) is 9.78 Å². The fourth-order valence-corrected chi connectivity index (χ4v) is 2.81. The van der Waals surface area contributed by atoms with Crippen LogP contribution in [0.5, 0.6) is 0 Å². The van der Waals surface area contributed by atoms with E-state index in [1.165, 1.54) is 29.7 Å². The minimum absolute atomic E-state index is 0.800. The van der Waals surface area contributed by atoms with Gasteiger partial charge >= 0.3 is 0 Å². The largest absolute Gasteiger partial charge is 0.221 e. The number of fused-ring (bicyclic) bond motifs is 1. The Hall–Kier alpha value is -1.28. The maximum atomic E-state index is 6.45. The second kappa shape index (κ2) is 4.19. The third-order valence-corrected chi connectivity index (χ3v) is 3.83. The summed E-state index contributed by atoms with van der Waals surface area (Å²) >= 11 is 6.45. The molecule has 0 fully saturated rings. The van der Waals surface area contributed by atoms with E-state index in [1.54, 1.807) is 0 Å². The molecular formula is C14H15ClN2. The Kier molecular flexibility index (Phi) is 2.67. The second-order valence-electron chi connectivity index (χ2n) is 4.62. The van der Waals surface area contributed by atoms with Gasteiger partial charge in [-0.25, -0.2) is 4.68 Å². The van der Waals surface area contributed by atoms with Crippen LogP contribution in [0.2, 0.25) is 5.15 Å². The van der Waals surface area contributed by atoms with E-state index in [0.717, 1.165) is 23.7 Å². The summed E-state index contributed by atoms with van der Waals surface area (Å²) in [4.78, 5) is 0. The van der Waals surface area contributed by atoms with E-state index in [2.05, 4.69) is 24.2 Å². The quantitative estimate of drug-likeness (QED) is 0.750. The van der Waals surface area contributed by atoms with Crippen LogP contribution in [0, 0.1) is 6.92 Å². The Morgan fingerprint density at radius 3 is 2.71 bits per heavy atom. The monoisotopic (exact) mass is 246 g/mol. The van der Waals surface area contributed by atoms with E-state index < -0.39 is 0 Å². The topological polar surface area (TPSA) is 17.8 Å². The molecule has 2 nitrogen and oxygen atoms in total. The maximum Gasteiger partial charge on any atom is 0.136 e. The number of para-hydroxylation sites is 1. The molecule has 1 aromatic heterocycles. The van der Waals surface area contributed by atoms with Gasteiger partial charge in [0.15, 0.2) is 0 Å². The van der Waals surface area contributed by atoms with E-state index in [-0.39, 0.29) is 0 Å². The van der Waals surface area contributed by atoms with Gasteiger partial charge in [0.05, 0.1) is 11.4 Å². The fourth-order valence-electron chi connectivity index (χ4n) is 2.48. The highest BCUT2D eigenvalue weighted by Gasteiger charge is 2.20. The lowest BCUT2D eigenvalue weighted by Gasteiger charge is -2.08. The van der Waals surface area contributed by atoms with Gasteiger partial charge in [-0.05, 0) is 44.2 Å². The molecule has 0 saturated carbocycles. The highest BCUT2D eigenvalue weighted by molar-refractivity contribution is 6.30. The number of rotatable bonds is 1. The molecule has 1 heterocycles. The molecule has 1 aliphatic carbocycles. The summed E-state index contributed by atoms with van der Waals surface area (Å²) in [6.07, 6.45) is 4.59. The van der Waals surface area contributed by atoms with Gasteiger partial charge in [-0.15, -0.1) is 0 Å². The minimum Gasteiger partial charge on any atom is -0.221 e. The van der Waals surface area contributed by atoms with Gasteiger partial charge in [0.2, 0.25) is 0 Å². The summed E-state index contributed by atoms with van der Waals surface area (Å²) in [5.41, 5.74) is 4.73. The zero-order valence-electron chi connectivity index (χ0n) is 9.91. The van der Waals surface area contributed by atoms with Crippen molar-refractivity contribution < 1.29 is 0 Å². The average molecular weight is 247 g/mol. The SMILES string of the molecule is Cc1ccccc1-n1nc2c(c1Cl)CCCC2. The number of benzene rings is 1. The van der Waals surface area contributed by atoms with Gasteiger partial charge in [0, 0.05) is 5.56 Å². The summed E-state index contributed by atoms with van der Waals surface area (Å²) in [6, 6.07) is 8.22. The van der Waals surface area contributed by atoms with Gasteiger partial charge in [-0.2, -0.15) is 5.10 Å². The average Bonchev–Trinajstić information content (AvgIpc) is 2.68. The number of nitrogens with zero attached hydrogens (tertiary/aromatic N) is 2. The molecule has 1 aromatic carbocycles. The molecule has 0 bridgehead atoms. The number of hydrogen-bond donors (Lipinski definition) is 0. The number of aromatic nitrogens is 2. The van der Waals surface area contributed by atoms with E-state index in [0.29, 0.717) is 0 Å². The van der Waals surface area contributed by atoms with Gasteiger partial charge < -0.3 is 0 Å². The first-order valence-electron chi connectivity index (χ1n) is 6.09. The minimum atomic E-state index is 0.800. The standard InChI is InChI=1S/C14H15ClN2/c1-10-6-2-5-9-13(10)17-14(15)11-7-3-4-8-12(11)16-17/h2,5-6,9H,3-4,7-8H2,1H3. The lowest BCUT2D eigenvalue weighted by atomic mass is 9.98. The molecule has 0 N–H and O–H groups in total. The van der Waals surface area contributed by atoms with E-state index >= 15 is 0 Å². The molecule has 1 aliphatic rings. The smallest absolute Gasteiger partial charge is 0.136 e. The first-order chi connectivity index (χ1) is 8.27. The van der Waals surface area contributed by atoms with Crippen molar-refractivity contribution >= 4 is 11.6 Å². The van der Waals surface area contributed by atoms with Gasteiger partial charge in [-0.3, -0.25) is 0 Å². The predicted octanol–water partition coefficient (Wildman–Crippen LogP) is 3.71. The third-order valence-electron chi connectivity index (χ3n) is 3.44. The molecule has 0 amide bonds. The highest BCUT2D eigenvalue weighted by Crippen LogP contribution is 2.30. The Balaban J connectivity index is 2.16. The molecular weight excluding hydrogens is 232 g/mol. The molecule has 88 valence electrons. The van der Waals surface area contributed by atoms with Crippen molar-refractivity contribution in [2.45, 2.75) is 32.6 Å². The van der Waals surface area contributed by atoms with Crippen LogP contribution in [-0.2, 0) is 12.8 Å². The normalized spacial score (nSPS) is 14.7. The van der Waals surface area contributed by atoms with Crippen LogP contribution in [0.15, 0.2) is 24.3 Å². The summed E-state index contributed by atoms with van der Waals surface area (Å²) in [7, 11) is 0. The van der Waals surface area contributed by atoms with E-state index in [1.807, 2.05) is 16.8 Å². The summed E-state index contributed by atoms with van der Waals surface area (Å²) in [5.74, 6) is 0. The molecule has 2 aromatic rings. The molecule has 0 radical (unpaired) electrons. The van der Waals surface area contributed by atoms with Crippen LogP contribution < -0.4 is 0 Å². The van der Waals surface area contributed by atoms with Crippen molar-refractivity contribution in [2.75, 3.05) is 0 Å². The van der Waals surface area contributed by atoms with Gasteiger partial charge in [-0.1, -0.05) is 29.8 Å². The van der Waals surface area contributed by atoms with Crippen molar-refractivity contribution in [2.24, 2.45) is 0 Å². The Morgan fingerprint density at radius 2 is 1.94 bits per heavy atom. The second-order valence-corrected chi connectivity index (χ2v) is 4.98. The summed E-state index contributed by atoms with van der Waals surface area (Å²) < 4.78 is 1.90. The molecule has 0 spiro atoms. The lowest BCUT2D eigenvalue weighted by Crippen LogP contribution is -2.00. The van der Waals surface area contributed by atoms with Crippen LogP contribution in [0.3, 0.4) is 0 Å². The predicted molar refractivity (Wildman–Crippen MR) is 70.0 cm³/mol. The first kappa shape index (κ1) is 10.8. The number of hydrogen-bond acceptors (Lipinski definition) is 1. The van der Waals surface area contributed by atoms with Crippen LogP contribution >= 0.6 is 11.6 Å². The Morgan fingerprint density at radius 1 is 1.18 bits per heavy atom. The van der Waals surface area contributed by atoms with Gasteiger partial charge in [0.25, 0.3) is 0 Å². The maximum absolute atomic E-state index is 6.45. The van der Waals surface area contributed by atoms with E-state index in [4.69, 9.17) is 11.6 Å². The summed E-state index contributed by atoms with van der Waals surface area (Å²) in [6.45, 7) is 2.09. The molecule has 17 heavy (non-hydrogen) atoms.